The standard InChI is InChI=1S/C25H22N4O2S/c30-22(27-19-11-5-8-17-7-1-2-9-18(17)19)13-15-29-24(21-12-6-16-31-21)23(28-25(29)32)20-10-3-4-14-26-20/h1-12,14,16,23-24H,13,15H2,(H,27,30)(H,28,32)/t23-,24+/m1/s1. The zero-order valence-electron chi connectivity index (χ0n) is 17.3. The van der Waals surface area contributed by atoms with Crippen molar-refractivity contribution >= 4 is 39.7 Å². The zero-order valence-corrected chi connectivity index (χ0v) is 18.1. The quantitative estimate of drug-likeness (QED) is 0.417. The number of anilines is 1. The van der Waals surface area contributed by atoms with Crippen molar-refractivity contribution in [2.24, 2.45) is 0 Å². The van der Waals surface area contributed by atoms with Crippen LogP contribution in [-0.4, -0.2) is 27.4 Å². The highest BCUT2D eigenvalue weighted by Gasteiger charge is 2.41. The summed E-state index contributed by atoms with van der Waals surface area (Å²) in [6.45, 7) is 0.455. The number of thiocarbonyl (C=S) groups is 1. The first-order valence-electron chi connectivity index (χ1n) is 10.5. The third-order valence-electron chi connectivity index (χ3n) is 5.68. The van der Waals surface area contributed by atoms with Crippen LogP contribution in [-0.2, 0) is 4.79 Å². The van der Waals surface area contributed by atoms with Crippen molar-refractivity contribution in [1.29, 1.82) is 0 Å². The molecule has 1 saturated heterocycles. The number of rotatable bonds is 6. The number of amides is 1. The second-order valence-corrected chi connectivity index (χ2v) is 8.05. The number of aromatic nitrogens is 1. The topological polar surface area (TPSA) is 70.4 Å². The first kappa shape index (κ1) is 20.2. The number of nitrogens with zero attached hydrogens (tertiary/aromatic N) is 2. The Labute approximate surface area is 191 Å². The molecular weight excluding hydrogens is 420 g/mol. The van der Waals surface area contributed by atoms with E-state index in [9.17, 15) is 4.79 Å². The number of carbonyl (C=O) groups is 1. The molecule has 7 heteroatoms. The van der Waals surface area contributed by atoms with E-state index in [0.717, 1.165) is 27.9 Å². The van der Waals surface area contributed by atoms with Gasteiger partial charge in [-0.15, -0.1) is 0 Å². The molecule has 5 rings (SSSR count). The smallest absolute Gasteiger partial charge is 0.226 e. The van der Waals surface area contributed by atoms with Gasteiger partial charge in [0.05, 0.1) is 18.0 Å². The molecule has 0 bridgehead atoms. The van der Waals surface area contributed by atoms with Crippen molar-refractivity contribution in [3.63, 3.8) is 0 Å². The molecule has 0 unspecified atom stereocenters. The molecule has 2 aromatic heterocycles. The van der Waals surface area contributed by atoms with E-state index in [4.69, 9.17) is 16.6 Å². The van der Waals surface area contributed by atoms with E-state index in [1.165, 1.54) is 0 Å². The summed E-state index contributed by atoms with van der Waals surface area (Å²) in [7, 11) is 0. The molecule has 0 saturated carbocycles. The zero-order chi connectivity index (χ0) is 21.9. The van der Waals surface area contributed by atoms with Crippen LogP contribution in [0.2, 0.25) is 0 Å². The maximum atomic E-state index is 12.8. The Morgan fingerprint density at radius 3 is 2.72 bits per heavy atom. The van der Waals surface area contributed by atoms with Crippen LogP contribution in [0.4, 0.5) is 5.69 Å². The summed E-state index contributed by atoms with van der Waals surface area (Å²) < 4.78 is 5.73. The number of fused-ring (bicyclic) bond motifs is 1. The van der Waals surface area contributed by atoms with Gasteiger partial charge in [0, 0.05) is 30.2 Å². The maximum absolute atomic E-state index is 12.8. The third-order valence-corrected chi connectivity index (χ3v) is 6.03. The molecule has 0 aliphatic carbocycles. The lowest BCUT2D eigenvalue weighted by Crippen LogP contribution is -2.32. The van der Waals surface area contributed by atoms with Crippen molar-refractivity contribution in [3.05, 3.63) is 96.7 Å². The fourth-order valence-corrected chi connectivity index (χ4v) is 4.52. The number of benzene rings is 2. The highest BCUT2D eigenvalue weighted by atomic mass is 32.1. The first-order valence-corrected chi connectivity index (χ1v) is 10.9. The van der Waals surface area contributed by atoms with Crippen LogP contribution < -0.4 is 10.6 Å². The lowest BCUT2D eigenvalue weighted by molar-refractivity contribution is -0.116. The molecule has 32 heavy (non-hydrogen) atoms. The van der Waals surface area contributed by atoms with E-state index in [2.05, 4.69) is 15.6 Å². The number of carbonyl (C=O) groups excluding carboxylic acids is 1. The normalized spacial score (nSPS) is 18.0. The molecule has 3 heterocycles. The van der Waals surface area contributed by atoms with E-state index in [-0.39, 0.29) is 24.4 Å². The number of hydrogen-bond acceptors (Lipinski definition) is 4. The van der Waals surface area contributed by atoms with Gasteiger partial charge >= 0.3 is 0 Å². The minimum absolute atomic E-state index is 0.0661. The van der Waals surface area contributed by atoms with Gasteiger partial charge in [0.2, 0.25) is 5.91 Å². The summed E-state index contributed by atoms with van der Waals surface area (Å²) in [6.07, 6.45) is 3.70. The van der Waals surface area contributed by atoms with E-state index in [1.807, 2.05) is 77.7 Å². The predicted molar refractivity (Wildman–Crippen MR) is 128 cm³/mol. The van der Waals surface area contributed by atoms with Gasteiger partial charge in [-0.2, -0.15) is 0 Å². The van der Waals surface area contributed by atoms with Crippen LogP contribution in [0.25, 0.3) is 10.8 Å². The predicted octanol–water partition coefficient (Wildman–Crippen LogP) is 4.83. The summed E-state index contributed by atoms with van der Waals surface area (Å²) in [4.78, 5) is 19.3. The molecule has 1 aliphatic heterocycles. The van der Waals surface area contributed by atoms with Crippen LogP contribution >= 0.6 is 12.2 Å². The van der Waals surface area contributed by atoms with Gasteiger partial charge in [-0.3, -0.25) is 9.78 Å². The number of nitrogens with one attached hydrogen (secondary N) is 2. The highest BCUT2D eigenvalue weighted by Crippen LogP contribution is 2.38. The molecule has 1 amide bonds. The van der Waals surface area contributed by atoms with Crippen molar-refractivity contribution in [1.82, 2.24) is 15.2 Å². The summed E-state index contributed by atoms with van der Waals surface area (Å²) >= 11 is 5.63. The van der Waals surface area contributed by atoms with Crippen molar-refractivity contribution in [3.8, 4) is 0 Å². The molecule has 6 nitrogen and oxygen atoms in total. The molecule has 0 spiro atoms. The first-order chi connectivity index (χ1) is 15.7. The van der Waals surface area contributed by atoms with Crippen molar-refractivity contribution in [2.75, 3.05) is 11.9 Å². The Balaban J connectivity index is 1.33. The van der Waals surface area contributed by atoms with Gasteiger partial charge in [0.1, 0.15) is 11.8 Å². The Morgan fingerprint density at radius 2 is 1.91 bits per heavy atom. The summed E-state index contributed by atoms with van der Waals surface area (Å²) in [5.74, 6) is 0.714. The molecule has 1 fully saturated rings. The maximum Gasteiger partial charge on any atom is 0.226 e. The third kappa shape index (κ3) is 3.94. The van der Waals surface area contributed by atoms with Crippen molar-refractivity contribution in [2.45, 2.75) is 18.5 Å². The number of furan rings is 1. The molecule has 2 atom stereocenters. The molecule has 160 valence electrons. The van der Waals surface area contributed by atoms with E-state index >= 15 is 0 Å². The Kier molecular flexibility index (Phi) is 5.56. The van der Waals surface area contributed by atoms with Crippen LogP contribution in [0, 0.1) is 0 Å². The molecular formula is C25H22N4O2S. The van der Waals surface area contributed by atoms with Gasteiger partial charge in [0.25, 0.3) is 0 Å². The van der Waals surface area contributed by atoms with Crippen LogP contribution in [0.3, 0.4) is 0 Å². The average Bonchev–Trinajstić information content (AvgIpc) is 3.46. The molecule has 1 aliphatic rings. The average molecular weight is 443 g/mol. The fraction of sp³-hybridized carbons (Fsp3) is 0.160. The minimum Gasteiger partial charge on any atom is -0.467 e. The fourth-order valence-electron chi connectivity index (χ4n) is 4.18. The van der Waals surface area contributed by atoms with Crippen LogP contribution in [0.15, 0.2) is 89.7 Å². The number of hydrogen-bond donors (Lipinski definition) is 2. The Hall–Kier alpha value is -3.71. The summed E-state index contributed by atoms with van der Waals surface area (Å²) in [5, 5.41) is 9.10. The monoisotopic (exact) mass is 442 g/mol. The largest absolute Gasteiger partial charge is 0.467 e. The SMILES string of the molecule is O=C(CCN1C(=S)N[C@H](c2ccccn2)[C@@H]1c1ccco1)Nc1cccc2ccccc12. The summed E-state index contributed by atoms with van der Waals surface area (Å²) in [5.41, 5.74) is 1.68. The number of pyridine rings is 1. The van der Waals surface area contributed by atoms with E-state index in [1.54, 1.807) is 12.5 Å². The lowest BCUT2D eigenvalue weighted by atomic mass is 10.0. The van der Waals surface area contributed by atoms with Crippen LogP contribution in [0.5, 0.6) is 0 Å². The van der Waals surface area contributed by atoms with Gasteiger partial charge in [-0.05, 0) is 47.9 Å². The van der Waals surface area contributed by atoms with Crippen molar-refractivity contribution < 1.29 is 9.21 Å². The van der Waals surface area contributed by atoms with Gasteiger partial charge in [0.15, 0.2) is 5.11 Å². The van der Waals surface area contributed by atoms with Gasteiger partial charge < -0.3 is 20.0 Å². The Morgan fingerprint density at radius 1 is 1.06 bits per heavy atom. The van der Waals surface area contributed by atoms with Gasteiger partial charge in [-0.25, -0.2) is 0 Å². The Bertz CT molecular complexity index is 1240. The van der Waals surface area contributed by atoms with Gasteiger partial charge in [-0.1, -0.05) is 42.5 Å². The second-order valence-electron chi connectivity index (χ2n) is 7.66. The highest BCUT2D eigenvalue weighted by molar-refractivity contribution is 7.80. The van der Waals surface area contributed by atoms with E-state index < -0.39 is 0 Å². The van der Waals surface area contributed by atoms with E-state index in [0.29, 0.717) is 11.7 Å². The molecule has 2 aromatic carbocycles. The molecule has 0 radical (unpaired) electrons. The lowest BCUT2D eigenvalue weighted by Gasteiger charge is -2.25. The molecule has 2 N–H and O–H groups in total. The summed E-state index contributed by atoms with van der Waals surface area (Å²) in [6, 6.07) is 23.1. The molecule has 4 aromatic rings. The minimum atomic E-state index is -0.183. The van der Waals surface area contributed by atoms with Crippen LogP contribution in [0.1, 0.15) is 30.0 Å². The second kappa shape index (κ2) is 8.80.